The van der Waals surface area contributed by atoms with Crippen LogP contribution in [-0.2, 0) is 0 Å². The topological polar surface area (TPSA) is 89.1 Å². The number of carboxylic acids is 1. The van der Waals surface area contributed by atoms with E-state index < -0.39 is 5.97 Å². The van der Waals surface area contributed by atoms with Crippen LogP contribution in [-0.4, -0.2) is 20.7 Å². The summed E-state index contributed by atoms with van der Waals surface area (Å²) >= 11 is 1.19. The van der Waals surface area contributed by atoms with Crippen molar-refractivity contribution in [1.29, 1.82) is 0 Å². The fourth-order valence-corrected chi connectivity index (χ4v) is 1.62. The largest absolute Gasteiger partial charge is 0.478 e. The molecule has 2 aromatic rings. The van der Waals surface area contributed by atoms with Crippen LogP contribution < -0.4 is 5.73 Å². The van der Waals surface area contributed by atoms with Crippen molar-refractivity contribution in [3.05, 3.63) is 17.7 Å². The maximum absolute atomic E-state index is 10.7. The Kier molecular flexibility index (Phi) is 1.63. The minimum absolute atomic E-state index is 0.0696. The third kappa shape index (κ3) is 1.20. The Bertz CT molecular complexity index is 480. The molecule has 0 amide bonds. The molecule has 1 heterocycles. The van der Waals surface area contributed by atoms with Crippen molar-refractivity contribution in [3.63, 3.8) is 0 Å². The molecule has 0 fully saturated rings. The van der Waals surface area contributed by atoms with Crippen molar-refractivity contribution in [2.24, 2.45) is 0 Å². The monoisotopic (exact) mass is 195 g/mol. The molecule has 1 aromatic carbocycles. The highest BCUT2D eigenvalue weighted by Gasteiger charge is 2.10. The second-order valence-electron chi connectivity index (χ2n) is 2.49. The van der Waals surface area contributed by atoms with Gasteiger partial charge in [-0.05, 0) is 23.7 Å². The Hall–Kier alpha value is -1.69. The SMILES string of the molecule is Nc1cc2snnc2cc1C(=O)O. The molecule has 0 aliphatic rings. The molecule has 0 saturated carbocycles. The number of hydrogen-bond donors (Lipinski definition) is 2. The zero-order chi connectivity index (χ0) is 9.42. The summed E-state index contributed by atoms with van der Waals surface area (Å²) in [7, 11) is 0. The fraction of sp³-hybridized carbons (Fsp3) is 0. The van der Waals surface area contributed by atoms with Gasteiger partial charge in [0.05, 0.1) is 10.3 Å². The highest BCUT2D eigenvalue weighted by molar-refractivity contribution is 7.13. The van der Waals surface area contributed by atoms with E-state index in [1.165, 1.54) is 17.6 Å². The molecule has 66 valence electrons. The van der Waals surface area contributed by atoms with E-state index in [1.54, 1.807) is 6.07 Å². The first-order chi connectivity index (χ1) is 6.18. The van der Waals surface area contributed by atoms with Gasteiger partial charge in [-0.2, -0.15) is 0 Å². The Labute approximate surface area is 77.0 Å². The lowest BCUT2D eigenvalue weighted by atomic mass is 10.2. The summed E-state index contributed by atoms with van der Waals surface area (Å²) in [5.74, 6) is -1.05. The first-order valence-electron chi connectivity index (χ1n) is 3.43. The number of rotatable bonds is 1. The van der Waals surface area contributed by atoms with Crippen molar-refractivity contribution >= 4 is 33.4 Å². The molecular weight excluding hydrogens is 190 g/mol. The summed E-state index contributed by atoms with van der Waals surface area (Å²) in [6.45, 7) is 0. The summed E-state index contributed by atoms with van der Waals surface area (Å²) in [6, 6.07) is 3.00. The average Bonchev–Trinajstić information content (AvgIpc) is 2.48. The van der Waals surface area contributed by atoms with Crippen LogP contribution in [0.4, 0.5) is 5.69 Å². The Morgan fingerprint density at radius 2 is 2.31 bits per heavy atom. The van der Waals surface area contributed by atoms with Gasteiger partial charge in [-0.1, -0.05) is 4.49 Å². The van der Waals surface area contributed by atoms with Gasteiger partial charge in [0.25, 0.3) is 0 Å². The molecule has 13 heavy (non-hydrogen) atoms. The summed E-state index contributed by atoms with van der Waals surface area (Å²) in [6.07, 6.45) is 0. The van der Waals surface area contributed by atoms with E-state index >= 15 is 0 Å². The van der Waals surface area contributed by atoms with Crippen LogP contribution >= 0.6 is 11.5 Å². The zero-order valence-electron chi connectivity index (χ0n) is 6.39. The fourth-order valence-electron chi connectivity index (χ4n) is 1.03. The van der Waals surface area contributed by atoms with Crippen LogP contribution in [0, 0.1) is 0 Å². The number of anilines is 1. The third-order valence-electron chi connectivity index (χ3n) is 1.65. The van der Waals surface area contributed by atoms with E-state index in [-0.39, 0.29) is 11.3 Å². The molecule has 1 aromatic heterocycles. The molecule has 6 heteroatoms. The van der Waals surface area contributed by atoms with Gasteiger partial charge in [0, 0.05) is 5.69 Å². The number of benzene rings is 1. The second kappa shape index (κ2) is 2.67. The van der Waals surface area contributed by atoms with Crippen molar-refractivity contribution in [2.75, 3.05) is 5.73 Å². The first-order valence-corrected chi connectivity index (χ1v) is 4.20. The van der Waals surface area contributed by atoms with E-state index in [9.17, 15) is 4.79 Å². The molecule has 0 bridgehead atoms. The predicted molar refractivity (Wildman–Crippen MR) is 48.8 cm³/mol. The number of nitrogens with two attached hydrogens (primary N) is 1. The number of aromatic nitrogens is 2. The lowest BCUT2D eigenvalue weighted by molar-refractivity contribution is 0.0698. The van der Waals surface area contributed by atoms with E-state index in [4.69, 9.17) is 10.8 Å². The summed E-state index contributed by atoms with van der Waals surface area (Å²) in [5, 5.41) is 12.5. The van der Waals surface area contributed by atoms with E-state index in [2.05, 4.69) is 9.59 Å². The van der Waals surface area contributed by atoms with Gasteiger partial charge in [-0.25, -0.2) is 4.79 Å². The second-order valence-corrected chi connectivity index (χ2v) is 3.27. The number of carboxylic acid groups (broad SMARTS) is 1. The molecule has 3 N–H and O–H groups in total. The number of carbonyl (C=O) groups is 1. The van der Waals surface area contributed by atoms with Crippen molar-refractivity contribution in [2.45, 2.75) is 0 Å². The summed E-state index contributed by atoms with van der Waals surface area (Å²) in [4.78, 5) is 10.7. The minimum Gasteiger partial charge on any atom is -0.478 e. The minimum atomic E-state index is -1.05. The molecule has 0 radical (unpaired) electrons. The molecular formula is C7H5N3O2S. The molecule has 2 rings (SSSR count). The number of nitrogens with zero attached hydrogens (tertiary/aromatic N) is 2. The molecule has 0 aliphatic heterocycles. The van der Waals surface area contributed by atoms with Gasteiger partial charge in [-0.15, -0.1) is 5.10 Å². The number of hydrogen-bond acceptors (Lipinski definition) is 5. The molecule has 0 saturated heterocycles. The highest BCUT2D eigenvalue weighted by atomic mass is 32.1. The summed E-state index contributed by atoms with van der Waals surface area (Å²) < 4.78 is 4.48. The van der Waals surface area contributed by atoms with Gasteiger partial charge in [-0.3, -0.25) is 0 Å². The maximum Gasteiger partial charge on any atom is 0.337 e. The van der Waals surface area contributed by atoms with Crippen LogP contribution in [0.2, 0.25) is 0 Å². The van der Waals surface area contributed by atoms with Crippen LogP contribution in [0.15, 0.2) is 12.1 Å². The molecule has 0 atom stereocenters. The number of aromatic carboxylic acids is 1. The quantitative estimate of drug-likeness (QED) is 0.662. The number of nitrogen functional groups attached to an aromatic ring is 1. The molecule has 0 unspecified atom stereocenters. The molecule has 5 nitrogen and oxygen atoms in total. The lowest BCUT2D eigenvalue weighted by Gasteiger charge is -1.98. The highest BCUT2D eigenvalue weighted by Crippen LogP contribution is 2.22. The standard InChI is InChI=1S/C7H5N3O2S/c8-4-2-6-5(9-10-13-6)1-3(4)7(11)12/h1-2H,8H2,(H,11,12). The van der Waals surface area contributed by atoms with Crippen LogP contribution in [0.5, 0.6) is 0 Å². The van der Waals surface area contributed by atoms with E-state index in [0.717, 1.165) is 4.70 Å². The van der Waals surface area contributed by atoms with Crippen molar-refractivity contribution in [3.8, 4) is 0 Å². The van der Waals surface area contributed by atoms with Gasteiger partial charge in [0.15, 0.2) is 0 Å². The van der Waals surface area contributed by atoms with Gasteiger partial charge in [0.1, 0.15) is 5.52 Å². The predicted octanol–water partition coefficient (Wildman–Crippen LogP) is 0.972. The zero-order valence-corrected chi connectivity index (χ0v) is 7.21. The smallest absolute Gasteiger partial charge is 0.337 e. The van der Waals surface area contributed by atoms with Crippen molar-refractivity contribution in [1.82, 2.24) is 9.59 Å². The first kappa shape index (κ1) is 7.93. The van der Waals surface area contributed by atoms with Crippen LogP contribution in [0.25, 0.3) is 10.2 Å². The lowest BCUT2D eigenvalue weighted by Crippen LogP contribution is -2.01. The molecule has 0 spiro atoms. The van der Waals surface area contributed by atoms with Gasteiger partial charge in [0.2, 0.25) is 0 Å². The number of fused-ring (bicyclic) bond motifs is 1. The van der Waals surface area contributed by atoms with Gasteiger partial charge < -0.3 is 10.8 Å². The van der Waals surface area contributed by atoms with Crippen LogP contribution in [0.1, 0.15) is 10.4 Å². The third-order valence-corrected chi connectivity index (χ3v) is 2.34. The van der Waals surface area contributed by atoms with Crippen molar-refractivity contribution < 1.29 is 9.90 Å². The molecule has 0 aliphatic carbocycles. The average molecular weight is 195 g/mol. The normalized spacial score (nSPS) is 10.5. The van der Waals surface area contributed by atoms with E-state index in [0.29, 0.717) is 5.52 Å². The Morgan fingerprint density at radius 1 is 1.54 bits per heavy atom. The summed E-state index contributed by atoms with van der Waals surface area (Å²) in [5.41, 5.74) is 6.39. The Balaban J connectivity index is 2.76. The van der Waals surface area contributed by atoms with Crippen LogP contribution in [0.3, 0.4) is 0 Å². The Morgan fingerprint density at radius 3 is 3.00 bits per heavy atom. The van der Waals surface area contributed by atoms with Gasteiger partial charge >= 0.3 is 5.97 Å². The maximum atomic E-state index is 10.7. The van der Waals surface area contributed by atoms with E-state index in [1.807, 2.05) is 0 Å².